The van der Waals surface area contributed by atoms with Gasteiger partial charge < -0.3 is 5.32 Å². The largest absolute Gasteiger partial charge is 0.345 e. The fourth-order valence-corrected chi connectivity index (χ4v) is 5.25. The first-order valence-electron chi connectivity index (χ1n) is 11.4. The van der Waals surface area contributed by atoms with E-state index in [0.29, 0.717) is 12.0 Å². The van der Waals surface area contributed by atoms with Crippen LogP contribution in [-0.2, 0) is 12.8 Å². The molecule has 2 aliphatic carbocycles. The van der Waals surface area contributed by atoms with Gasteiger partial charge in [0.2, 0.25) is 0 Å². The lowest BCUT2D eigenvalue weighted by molar-refractivity contribution is 0.0907. The summed E-state index contributed by atoms with van der Waals surface area (Å²) in [5.41, 5.74) is 6.50. The molecule has 0 fully saturated rings. The van der Waals surface area contributed by atoms with Gasteiger partial charge in [-0.3, -0.25) is 9.59 Å². The molecule has 1 heterocycles. The minimum atomic E-state index is -0.0789. The Hall–Kier alpha value is -3.21. The molecule has 2 aliphatic rings. The molecule has 0 saturated heterocycles. The SMILES string of the molecule is Cc1nn(-c2ccc(C(=O)NC3CCCc4ccccc43)cc2)c2c1C(=O)CC(C)(C)C2. The van der Waals surface area contributed by atoms with E-state index in [4.69, 9.17) is 0 Å². The first-order valence-corrected chi connectivity index (χ1v) is 11.4. The van der Waals surface area contributed by atoms with Crippen molar-refractivity contribution in [1.82, 2.24) is 15.1 Å². The number of hydrogen-bond acceptors (Lipinski definition) is 3. The van der Waals surface area contributed by atoms with Crippen LogP contribution in [0, 0.1) is 12.3 Å². The number of amides is 1. The average molecular weight is 428 g/mol. The molecule has 5 heteroatoms. The second-order valence-corrected chi connectivity index (χ2v) is 9.92. The number of ketones is 1. The summed E-state index contributed by atoms with van der Waals surface area (Å²) in [5, 5.41) is 7.88. The van der Waals surface area contributed by atoms with Crippen LogP contribution < -0.4 is 5.32 Å². The number of nitrogens with zero attached hydrogens (tertiary/aromatic N) is 2. The normalized spacial score (nSPS) is 19.2. The van der Waals surface area contributed by atoms with Crippen molar-refractivity contribution in [3.63, 3.8) is 0 Å². The van der Waals surface area contributed by atoms with Gasteiger partial charge in [0.15, 0.2) is 5.78 Å². The number of hydrogen-bond donors (Lipinski definition) is 1. The van der Waals surface area contributed by atoms with Crippen LogP contribution in [0.3, 0.4) is 0 Å². The van der Waals surface area contributed by atoms with Crippen LogP contribution in [0.15, 0.2) is 48.5 Å². The third-order valence-electron chi connectivity index (χ3n) is 6.77. The lowest BCUT2D eigenvalue weighted by Gasteiger charge is -2.29. The number of Topliss-reactive ketones (excluding diaryl/α,β-unsaturated/α-hetero) is 1. The second kappa shape index (κ2) is 7.73. The standard InChI is InChI=1S/C27H29N3O2/c1-17-25-23(15-27(2,3)16-24(25)31)30(29-17)20-13-11-19(12-14-20)26(32)28-22-10-6-8-18-7-4-5-9-21(18)22/h4-5,7,9,11-14,22H,6,8,10,15-16H2,1-3H3,(H,28,32). The Morgan fingerprint density at radius 2 is 1.84 bits per heavy atom. The fraction of sp³-hybridized carbons (Fsp3) is 0.370. The van der Waals surface area contributed by atoms with E-state index < -0.39 is 0 Å². The van der Waals surface area contributed by atoms with Gasteiger partial charge in [0.05, 0.1) is 28.7 Å². The van der Waals surface area contributed by atoms with E-state index in [1.165, 1.54) is 11.1 Å². The molecule has 0 bridgehead atoms. The van der Waals surface area contributed by atoms with Crippen molar-refractivity contribution < 1.29 is 9.59 Å². The third-order valence-corrected chi connectivity index (χ3v) is 6.77. The second-order valence-electron chi connectivity index (χ2n) is 9.92. The monoisotopic (exact) mass is 427 g/mol. The Morgan fingerprint density at radius 1 is 1.09 bits per heavy atom. The van der Waals surface area contributed by atoms with Crippen LogP contribution >= 0.6 is 0 Å². The predicted octanol–water partition coefficient (Wildman–Crippen LogP) is 5.14. The van der Waals surface area contributed by atoms with Gasteiger partial charge in [-0.05, 0) is 73.4 Å². The maximum absolute atomic E-state index is 13.0. The van der Waals surface area contributed by atoms with E-state index in [1.807, 2.05) is 41.9 Å². The molecule has 0 spiro atoms. The number of carbonyl (C=O) groups excluding carboxylic acids is 2. The number of rotatable bonds is 3. The summed E-state index contributed by atoms with van der Waals surface area (Å²) in [6.07, 6.45) is 4.47. The highest BCUT2D eigenvalue weighted by molar-refractivity contribution is 6.00. The predicted molar refractivity (Wildman–Crippen MR) is 124 cm³/mol. The highest BCUT2D eigenvalue weighted by Crippen LogP contribution is 2.37. The number of aromatic nitrogens is 2. The van der Waals surface area contributed by atoms with E-state index in [0.717, 1.165) is 48.3 Å². The molecule has 0 aliphatic heterocycles. The lowest BCUT2D eigenvalue weighted by atomic mass is 9.75. The summed E-state index contributed by atoms with van der Waals surface area (Å²) in [6.45, 7) is 6.14. The molecular weight excluding hydrogens is 398 g/mol. The van der Waals surface area contributed by atoms with Crippen molar-refractivity contribution in [3.05, 3.63) is 82.2 Å². The minimum absolute atomic E-state index is 0.0566. The Balaban J connectivity index is 1.39. The van der Waals surface area contributed by atoms with E-state index >= 15 is 0 Å². The first kappa shape index (κ1) is 20.7. The summed E-state index contributed by atoms with van der Waals surface area (Å²) < 4.78 is 1.88. The number of benzene rings is 2. The van der Waals surface area contributed by atoms with Crippen molar-refractivity contribution in [1.29, 1.82) is 0 Å². The molecule has 1 N–H and O–H groups in total. The molecule has 32 heavy (non-hydrogen) atoms. The zero-order valence-electron chi connectivity index (χ0n) is 18.9. The molecule has 5 nitrogen and oxygen atoms in total. The van der Waals surface area contributed by atoms with Gasteiger partial charge in [-0.2, -0.15) is 5.10 Å². The maximum atomic E-state index is 13.0. The zero-order valence-corrected chi connectivity index (χ0v) is 18.9. The molecule has 2 aromatic carbocycles. The van der Waals surface area contributed by atoms with Crippen molar-refractivity contribution in [2.45, 2.75) is 58.9 Å². The van der Waals surface area contributed by atoms with Gasteiger partial charge in [-0.15, -0.1) is 0 Å². The molecule has 1 amide bonds. The number of carbonyl (C=O) groups is 2. The first-order chi connectivity index (χ1) is 15.3. The lowest BCUT2D eigenvalue weighted by Crippen LogP contribution is -2.31. The Bertz CT molecular complexity index is 1200. The third kappa shape index (κ3) is 3.66. The summed E-state index contributed by atoms with van der Waals surface area (Å²) >= 11 is 0. The fourth-order valence-electron chi connectivity index (χ4n) is 5.25. The van der Waals surface area contributed by atoms with Crippen LogP contribution in [0.4, 0.5) is 0 Å². The van der Waals surface area contributed by atoms with E-state index in [9.17, 15) is 9.59 Å². The molecule has 5 rings (SSSR count). The van der Waals surface area contributed by atoms with Crippen LogP contribution in [0.5, 0.6) is 0 Å². The summed E-state index contributed by atoms with van der Waals surface area (Å²) in [4.78, 5) is 25.6. The quantitative estimate of drug-likeness (QED) is 0.629. The topological polar surface area (TPSA) is 64.0 Å². The van der Waals surface area contributed by atoms with Crippen LogP contribution in [0.1, 0.15) is 82.4 Å². The minimum Gasteiger partial charge on any atom is -0.345 e. The number of nitrogens with one attached hydrogen (secondary N) is 1. The summed E-state index contributed by atoms with van der Waals surface area (Å²) in [5.74, 6) is 0.108. The highest BCUT2D eigenvalue weighted by Gasteiger charge is 2.35. The zero-order chi connectivity index (χ0) is 22.5. The van der Waals surface area contributed by atoms with Gasteiger partial charge >= 0.3 is 0 Å². The average Bonchev–Trinajstić information content (AvgIpc) is 3.09. The maximum Gasteiger partial charge on any atom is 0.251 e. The van der Waals surface area contributed by atoms with Crippen LogP contribution in [-0.4, -0.2) is 21.5 Å². The Morgan fingerprint density at radius 3 is 2.62 bits per heavy atom. The number of aryl methyl sites for hydroxylation is 2. The molecule has 1 aromatic heterocycles. The van der Waals surface area contributed by atoms with E-state index in [1.54, 1.807) is 0 Å². The van der Waals surface area contributed by atoms with E-state index in [2.05, 4.69) is 42.5 Å². The van der Waals surface area contributed by atoms with Gasteiger partial charge in [-0.25, -0.2) is 4.68 Å². The smallest absolute Gasteiger partial charge is 0.251 e. The Kier molecular flexibility index (Phi) is 5.00. The molecule has 164 valence electrons. The summed E-state index contributed by atoms with van der Waals surface area (Å²) in [6, 6.07) is 16.0. The molecule has 0 radical (unpaired) electrons. The van der Waals surface area contributed by atoms with Crippen molar-refractivity contribution in [2.75, 3.05) is 0 Å². The molecule has 3 aromatic rings. The van der Waals surface area contributed by atoms with E-state index in [-0.39, 0.29) is 23.1 Å². The molecule has 1 unspecified atom stereocenters. The summed E-state index contributed by atoms with van der Waals surface area (Å²) in [7, 11) is 0. The van der Waals surface area contributed by atoms with Crippen molar-refractivity contribution >= 4 is 11.7 Å². The molecular formula is C27H29N3O2. The molecule has 0 saturated carbocycles. The number of fused-ring (bicyclic) bond motifs is 2. The van der Waals surface area contributed by atoms with Crippen molar-refractivity contribution in [3.8, 4) is 5.69 Å². The van der Waals surface area contributed by atoms with Crippen molar-refractivity contribution in [2.24, 2.45) is 5.41 Å². The highest BCUT2D eigenvalue weighted by atomic mass is 16.1. The van der Waals surface area contributed by atoms with Crippen LogP contribution in [0.25, 0.3) is 5.69 Å². The van der Waals surface area contributed by atoms with Gasteiger partial charge in [0.25, 0.3) is 5.91 Å². The van der Waals surface area contributed by atoms with Gasteiger partial charge in [0, 0.05) is 12.0 Å². The van der Waals surface area contributed by atoms with Gasteiger partial charge in [-0.1, -0.05) is 38.1 Å². The van der Waals surface area contributed by atoms with Gasteiger partial charge in [0.1, 0.15) is 0 Å². The molecule has 1 atom stereocenters. The Labute approximate surface area is 188 Å². The van der Waals surface area contributed by atoms with Crippen LogP contribution in [0.2, 0.25) is 0 Å².